The van der Waals surface area contributed by atoms with Crippen LogP contribution in [-0.4, -0.2) is 22.6 Å². The Morgan fingerprint density at radius 1 is 1.12 bits per heavy atom. The van der Waals surface area contributed by atoms with Crippen molar-refractivity contribution in [2.24, 2.45) is 0 Å². The first-order valence-electron chi connectivity index (χ1n) is 8.85. The molecule has 3 aromatic heterocycles. The van der Waals surface area contributed by atoms with E-state index in [0.717, 1.165) is 38.4 Å². The molecule has 5 heteroatoms. The molecule has 0 spiro atoms. The van der Waals surface area contributed by atoms with Gasteiger partial charge >= 0.3 is 0 Å². The van der Waals surface area contributed by atoms with E-state index in [4.69, 9.17) is 9.47 Å². The molecule has 0 radical (unpaired) electrons. The van der Waals surface area contributed by atoms with Crippen LogP contribution in [0.1, 0.15) is 27.7 Å². The predicted molar refractivity (Wildman–Crippen MR) is 110 cm³/mol. The third-order valence-corrected chi connectivity index (χ3v) is 4.79. The van der Waals surface area contributed by atoms with E-state index in [1.54, 1.807) is 18.4 Å². The van der Waals surface area contributed by atoms with Crippen molar-refractivity contribution in [2.45, 2.75) is 33.8 Å². The Hall–Kier alpha value is -2.53. The number of fused-ring (bicyclic) bond motifs is 3. The first-order chi connectivity index (χ1) is 12.7. The summed E-state index contributed by atoms with van der Waals surface area (Å²) in [5.41, 5.74) is 2.09. The fraction of sp³-hybridized carbons (Fsp3) is 0.286. The maximum atomic E-state index is 5.95. The number of hydrogen-bond acceptors (Lipinski definition) is 4. The lowest BCUT2D eigenvalue weighted by molar-refractivity contribution is 0.230. The lowest BCUT2D eigenvalue weighted by Crippen LogP contribution is -2.06. The number of aromatic nitrogens is 2. The molecule has 4 aromatic rings. The van der Waals surface area contributed by atoms with Crippen molar-refractivity contribution >= 4 is 27.6 Å². The number of imidazole rings is 1. The largest absolute Gasteiger partial charge is 0.493 e. The molecule has 1 aromatic carbocycles. The van der Waals surface area contributed by atoms with E-state index in [2.05, 4.69) is 33.0 Å². The highest BCUT2D eigenvalue weighted by Crippen LogP contribution is 2.38. The molecule has 136 valence electrons. The van der Waals surface area contributed by atoms with Crippen LogP contribution in [0.2, 0.25) is 0 Å². The summed E-state index contributed by atoms with van der Waals surface area (Å²) in [5.74, 6) is 1.50. The molecule has 0 unspecified atom stereocenters. The molecule has 3 heterocycles. The van der Waals surface area contributed by atoms with Gasteiger partial charge in [-0.2, -0.15) is 0 Å². The third-order valence-electron chi connectivity index (χ3n) is 3.92. The van der Waals surface area contributed by atoms with Crippen molar-refractivity contribution in [2.75, 3.05) is 7.11 Å². The normalized spacial score (nSPS) is 10.8. The van der Waals surface area contributed by atoms with Gasteiger partial charge in [0.2, 0.25) is 0 Å². The second kappa shape index (κ2) is 7.79. The Labute approximate surface area is 158 Å². The van der Waals surface area contributed by atoms with Crippen LogP contribution < -0.4 is 9.47 Å². The first kappa shape index (κ1) is 18.3. The molecule has 0 atom stereocenters. The second-order valence-electron chi connectivity index (χ2n) is 5.90. The molecule has 0 saturated heterocycles. The van der Waals surface area contributed by atoms with Gasteiger partial charge in [-0.15, -0.1) is 11.3 Å². The zero-order chi connectivity index (χ0) is 18.7. The van der Waals surface area contributed by atoms with Gasteiger partial charge in [0.05, 0.1) is 29.9 Å². The Balaban J connectivity index is 0.000000948. The third kappa shape index (κ3) is 3.27. The molecule has 26 heavy (non-hydrogen) atoms. The quantitative estimate of drug-likeness (QED) is 0.441. The minimum absolute atomic E-state index is 0.0813. The highest BCUT2D eigenvalue weighted by atomic mass is 32.1. The van der Waals surface area contributed by atoms with Crippen molar-refractivity contribution in [3.8, 4) is 22.1 Å². The molecule has 0 aliphatic rings. The zero-order valence-corrected chi connectivity index (χ0v) is 16.6. The van der Waals surface area contributed by atoms with Gasteiger partial charge < -0.3 is 13.9 Å². The summed E-state index contributed by atoms with van der Waals surface area (Å²) in [6.07, 6.45) is 3.97. The molecule has 4 nitrogen and oxygen atoms in total. The lowest BCUT2D eigenvalue weighted by Gasteiger charge is -2.15. The highest BCUT2D eigenvalue weighted by Gasteiger charge is 2.15. The van der Waals surface area contributed by atoms with E-state index in [-0.39, 0.29) is 6.10 Å². The Bertz CT molecular complexity index is 1000. The fourth-order valence-electron chi connectivity index (χ4n) is 2.92. The number of nitrogens with zero attached hydrogens (tertiary/aromatic N) is 2. The van der Waals surface area contributed by atoms with Crippen molar-refractivity contribution in [1.29, 1.82) is 0 Å². The molecule has 0 saturated carbocycles. The summed E-state index contributed by atoms with van der Waals surface area (Å²) in [6.45, 7) is 8.03. The van der Waals surface area contributed by atoms with Gasteiger partial charge in [0, 0.05) is 11.6 Å². The average molecular weight is 369 g/mol. The van der Waals surface area contributed by atoms with Crippen LogP contribution in [0.5, 0.6) is 11.5 Å². The summed E-state index contributed by atoms with van der Waals surface area (Å²) in [4.78, 5) is 5.78. The smallest absolute Gasteiger partial charge is 0.162 e. The van der Waals surface area contributed by atoms with Gasteiger partial charge in [-0.3, -0.25) is 0 Å². The number of thiophene rings is 1. The van der Waals surface area contributed by atoms with Crippen molar-refractivity contribution in [3.63, 3.8) is 0 Å². The van der Waals surface area contributed by atoms with E-state index >= 15 is 0 Å². The van der Waals surface area contributed by atoms with Crippen LogP contribution in [0, 0.1) is 0 Å². The summed E-state index contributed by atoms with van der Waals surface area (Å²) >= 11 is 1.69. The van der Waals surface area contributed by atoms with Crippen molar-refractivity contribution in [1.82, 2.24) is 9.38 Å². The van der Waals surface area contributed by atoms with Crippen LogP contribution in [0.25, 0.3) is 26.9 Å². The van der Waals surface area contributed by atoms with Gasteiger partial charge in [0.25, 0.3) is 0 Å². The Morgan fingerprint density at radius 2 is 1.92 bits per heavy atom. The number of pyridine rings is 1. The molecule has 0 amide bonds. The molecule has 4 rings (SSSR count). The molecule has 0 aliphatic carbocycles. The van der Waals surface area contributed by atoms with Crippen molar-refractivity contribution in [3.05, 3.63) is 48.2 Å². The molecule has 0 fully saturated rings. The molecule has 0 bridgehead atoms. The zero-order valence-electron chi connectivity index (χ0n) is 15.8. The summed E-state index contributed by atoms with van der Waals surface area (Å²) < 4.78 is 13.5. The second-order valence-corrected chi connectivity index (χ2v) is 6.85. The van der Waals surface area contributed by atoms with E-state index in [0.29, 0.717) is 0 Å². The minimum Gasteiger partial charge on any atom is -0.493 e. The topological polar surface area (TPSA) is 35.8 Å². The number of hydrogen-bond donors (Lipinski definition) is 0. The van der Waals surface area contributed by atoms with Gasteiger partial charge in [0.15, 0.2) is 11.5 Å². The number of rotatable bonds is 4. The SMILES string of the molecule is CC.COc1cc2ccn3cnc(-c4cccs4)c3c2cc1OC(C)C. The summed E-state index contributed by atoms with van der Waals surface area (Å²) in [6, 6.07) is 10.3. The number of ether oxygens (including phenoxy) is 2. The predicted octanol–water partition coefficient (Wildman–Crippen LogP) is 6.04. The van der Waals surface area contributed by atoms with E-state index in [1.165, 1.54) is 0 Å². The molecular weight excluding hydrogens is 344 g/mol. The Morgan fingerprint density at radius 3 is 2.58 bits per heavy atom. The van der Waals surface area contributed by atoms with E-state index in [1.807, 2.05) is 52.4 Å². The maximum Gasteiger partial charge on any atom is 0.162 e. The van der Waals surface area contributed by atoms with Crippen LogP contribution >= 0.6 is 11.3 Å². The van der Waals surface area contributed by atoms with E-state index < -0.39 is 0 Å². The molecule has 0 aliphatic heterocycles. The lowest BCUT2D eigenvalue weighted by atomic mass is 10.1. The van der Waals surface area contributed by atoms with Gasteiger partial charge in [-0.1, -0.05) is 19.9 Å². The average Bonchev–Trinajstić information content (AvgIpc) is 3.31. The number of methoxy groups -OCH3 is 1. The van der Waals surface area contributed by atoms with Gasteiger partial charge in [0.1, 0.15) is 5.69 Å². The van der Waals surface area contributed by atoms with Crippen LogP contribution in [0.4, 0.5) is 0 Å². The van der Waals surface area contributed by atoms with Crippen LogP contribution in [0.15, 0.2) is 48.2 Å². The van der Waals surface area contributed by atoms with Gasteiger partial charge in [-0.25, -0.2) is 4.98 Å². The molecular formula is C21H24N2O2S. The fourth-order valence-corrected chi connectivity index (χ4v) is 3.64. The van der Waals surface area contributed by atoms with Crippen molar-refractivity contribution < 1.29 is 9.47 Å². The highest BCUT2D eigenvalue weighted by molar-refractivity contribution is 7.13. The van der Waals surface area contributed by atoms with Gasteiger partial charge in [-0.05, 0) is 48.9 Å². The summed E-state index contributed by atoms with van der Waals surface area (Å²) in [7, 11) is 1.67. The maximum absolute atomic E-state index is 5.95. The number of benzene rings is 1. The molecule has 0 N–H and O–H groups in total. The minimum atomic E-state index is 0.0813. The van der Waals surface area contributed by atoms with E-state index in [9.17, 15) is 0 Å². The monoisotopic (exact) mass is 368 g/mol. The standard InChI is InChI=1S/C19H18N2O2S.C2H6/c1-12(2)23-16-10-14-13(9-15(16)22-3)6-7-21-11-20-18(19(14)21)17-5-4-8-24-17;1-2/h4-12H,1-3H3;1-2H3. The Kier molecular flexibility index (Phi) is 5.47. The van der Waals surface area contributed by atoms with Crippen LogP contribution in [-0.2, 0) is 0 Å². The van der Waals surface area contributed by atoms with Crippen LogP contribution in [0.3, 0.4) is 0 Å². The first-order valence-corrected chi connectivity index (χ1v) is 9.73. The summed E-state index contributed by atoms with van der Waals surface area (Å²) in [5, 5.41) is 4.28.